The van der Waals surface area contributed by atoms with E-state index in [9.17, 15) is 25.2 Å². The second kappa shape index (κ2) is 8.68. The minimum absolute atomic E-state index is 0.176. The van der Waals surface area contributed by atoms with E-state index in [-0.39, 0.29) is 6.04 Å². The van der Waals surface area contributed by atoms with Crippen LogP contribution in [0.4, 0.5) is 5.69 Å². The van der Waals surface area contributed by atoms with Gasteiger partial charge in [-0.1, -0.05) is 24.3 Å². The molecule has 39 heavy (non-hydrogen) atoms. The number of nitrogens with one attached hydrogen (secondary N) is 2. The summed E-state index contributed by atoms with van der Waals surface area (Å²) in [7, 11) is 1.36. The summed E-state index contributed by atoms with van der Waals surface area (Å²) in [4.78, 5) is 14.0. The zero-order valence-electron chi connectivity index (χ0n) is 21.4. The third kappa shape index (κ3) is 2.86. The molecule has 212 valence electrons. The van der Waals surface area contributed by atoms with E-state index in [1.165, 1.54) is 7.11 Å². The van der Waals surface area contributed by atoms with Crippen molar-refractivity contribution in [1.82, 2.24) is 5.32 Å². The molecule has 4 saturated heterocycles. The Morgan fingerprint density at radius 2 is 1.97 bits per heavy atom. The van der Waals surface area contributed by atoms with E-state index in [4.69, 9.17) is 23.7 Å². The number of esters is 1. The number of aliphatic hydroxyl groups is 4. The fourth-order valence-corrected chi connectivity index (χ4v) is 8.60. The molecule has 1 aliphatic carbocycles. The Bertz CT molecular complexity index is 1180. The summed E-state index contributed by atoms with van der Waals surface area (Å²) in [6, 6.07) is 7.72. The predicted octanol–water partition coefficient (Wildman–Crippen LogP) is -1.08. The second-order valence-electron chi connectivity index (χ2n) is 11.4. The molecule has 13 atom stereocenters. The van der Waals surface area contributed by atoms with Crippen molar-refractivity contribution in [3.05, 3.63) is 42.5 Å². The van der Waals surface area contributed by atoms with Gasteiger partial charge < -0.3 is 54.7 Å². The average molecular weight is 547 g/mol. The molecular formula is C27H34N2O10. The molecule has 12 heteroatoms. The van der Waals surface area contributed by atoms with Gasteiger partial charge in [0.2, 0.25) is 0 Å². The van der Waals surface area contributed by atoms with Crippen LogP contribution in [0.5, 0.6) is 0 Å². The number of anilines is 1. The maximum atomic E-state index is 14.0. The summed E-state index contributed by atoms with van der Waals surface area (Å²) in [5.74, 6) is -1.43. The Morgan fingerprint density at radius 3 is 2.72 bits per heavy atom. The fourth-order valence-electron chi connectivity index (χ4n) is 8.60. The van der Waals surface area contributed by atoms with Crippen molar-refractivity contribution in [2.75, 3.05) is 25.6 Å². The minimum atomic E-state index is -1.61. The van der Waals surface area contributed by atoms with Crippen LogP contribution in [0, 0.1) is 17.3 Å². The van der Waals surface area contributed by atoms with Gasteiger partial charge in [-0.3, -0.25) is 4.79 Å². The summed E-state index contributed by atoms with van der Waals surface area (Å²) in [6.07, 6.45) is -6.67. The zero-order chi connectivity index (χ0) is 27.3. The molecule has 0 aromatic heterocycles. The summed E-state index contributed by atoms with van der Waals surface area (Å²) in [5.41, 5.74) is -1.19. The highest BCUT2D eigenvalue weighted by Gasteiger charge is 2.89. The molecule has 5 heterocycles. The number of methoxy groups -OCH3 is 1. The highest BCUT2D eigenvalue weighted by atomic mass is 16.8. The lowest BCUT2D eigenvalue weighted by atomic mass is 9.57. The molecule has 5 aliphatic heterocycles. The predicted molar refractivity (Wildman–Crippen MR) is 132 cm³/mol. The van der Waals surface area contributed by atoms with Gasteiger partial charge in [-0.25, -0.2) is 0 Å². The van der Waals surface area contributed by atoms with E-state index in [1.807, 2.05) is 24.3 Å². The molecule has 1 aromatic carbocycles. The third-order valence-electron chi connectivity index (χ3n) is 10.1. The lowest BCUT2D eigenvalue weighted by Crippen LogP contribution is -2.73. The van der Waals surface area contributed by atoms with Crippen molar-refractivity contribution < 1.29 is 48.9 Å². The number of piperidine rings is 1. The molecule has 3 unspecified atom stereocenters. The van der Waals surface area contributed by atoms with Crippen molar-refractivity contribution in [2.24, 2.45) is 17.3 Å². The summed E-state index contributed by atoms with van der Waals surface area (Å²) in [6.45, 7) is 4.12. The van der Waals surface area contributed by atoms with Crippen LogP contribution in [0.25, 0.3) is 0 Å². The highest BCUT2D eigenvalue weighted by molar-refractivity contribution is 5.86. The molecule has 0 amide bonds. The molecule has 5 fully saturated rings. The number of para-hydroxylation sites is 1. The molecule has 0 radical (unpaired) electrons. The van der Waals surface area contributed by atoms with Gasteiger partial charge in [0.25, 0.3) is 0 Å². The normalized spacial score (nSPS) is 50.9. The molecule has 7 rings (SSSR count). The van der Waals surface area contributed by atoms with Gasteiger partial charge in [-0.05, 0) is 31.4 Å². The fraction of sp³-hybridized carbons (Fsp3) is 0.667. The number of hydrogen-bond donors (Lipinski definition) is 6. The maximum absolute atomic E-state index is 14.0. The van der Waals surface area contributed by atoms with Crippen LogP contribution in [0.15, 0.2) is 36.9 Å². The standard InChI is InChI=1S/C27H34N2O10/c1-3-12-14-10-17-27-25(8-9-28-17,13-6-4-5-7-15(13)29-27)39-24(26(14,27)23(34)35-2)38-21(12)37-22-20(33)19(32)18(31)16(11-30)36-22/h3-7,12,14,16-22,24,28-33H,1,8-11H2,2H3/t12-,14+,16-,17+,18?,19?,20?,21-,22+,24+,25-,26-,27+/m1/s1. The van der Waals surface area contributed by atoms with Crippen LogP contribution in [0.1, 0.15) is 18.4 Å². The quantitative estimate of drug-likeness (QED) is 0.196. The van der Waals surface area contributed by atoms with Gasteiger partial charge in [-0.15, -0.1) is 6.58 Å². The van der Waals surface area contributed by atoms with Crippen LogP contribution in [0.2, 0.25) is 0 Å². The Morgan fingerprint density at radius 1 is 1.18 bits per heavy atom. The van der Waals surface area contributed by atoms with Crippen molar-refractivity contribution in [3.8, 4) is 0 Å². The summed E-state index contributed by atoms with van der Waals surface area (Å²) in [5, 5.41) is 48.1. The molecule has 6 N–H and O–H groups in total. The molecular weight excluding hydrogens is 512 g/mol. The zero-order valence-corrected chi connectivity index (χ0v) is 21.4. The first-order chi connectivity index (χ1) is 18.8. The molecule has 1 spiro atoms. The van der Waals surface area contributed by atoms with Crippen molar-refractivity contribution in [2.45, 2.75) is 73.3 Å². The first kappa shape index (κ1) is 25.8. The van der Waals surface area contributed by atoms with Crippen LogP contribution in [-0.2, 0) is 34.1 Å². The molecule has 6 aliphatic rings. The number of hydrogen-bond acceptors (Lipinski definition) is 12. The topological polar surface area (TPSA) is 168 Å². The second-order valence-corrected chi connectivity index (χ2v) is 11.4. The number of fused-ring (bicyclic) bond motifs is 1. The van der Waals surface area contributed by atoms with E-state index in [0.717, 1.165) is 11.3 Å². The van der Waals surface area contributed by atoms with E-state index in [2.05, 4.69) is 17.2 Å². The van der Waals surface area contributed by atoms with E-state index >= 15 is 0 Å². The van der Waals surface area contributed by atoms with Crippen LogP contribution in [0.3, 0.4) is 0 Å². The van der Waals surface area contributed by atoms with Crippen molar-refractivity contribution >= 4 is 11.7 Å². The van der Waals surface area contributed by atoms with E-state index in [1.54, 1.807) is 6.08 Å². The minimum Gasteiger partial charge on any atom is -0.468 e. The van der Waals surface area contributed by atoms with Gasteiger partial charge in [0.1, 0.15) is 41.0 Å². The van der Waals surface area contributed by atoms with E-state index < -0.39 is 84.3 Å². The monoisotopic (exact) mass is 546 g/mol. The van der Waals surface area contributed by atoms with Gasteiger partial charge in [0, 0.05) is 23.2 Å². The highest BCUT2D eigenvalue weighted by Crippen LogP contribution is 2.75. The summed E-state index contributed by atoms with van der Waals surface area (Å²) >= 11 is 0. The number of carbonyl (C=O) groups excluding carboxylic acids is 1. The van der Waals surface area contributed by atoms with Crippen molar-refractivity contribution in [3.63, 3.8) is 0 Å². The third-order valence-corrected chi connectivity index (χ3v) is 10.1. The number of benzene rings is 1. The first-order valence-electron chi connectivity index (χ1n) is 13.4. The molecule has 1 aromatic rings. The van der Waals surface area contributed by atoms with Gasteiger partial charge in [-0.2, -0.15) is 0 Å². The number of aliphatic hydroxyl groups excluding tert-OH is 4. The van der Waals surface area contributed by atoms with E-state index in [0.29, 0.717) is 19.4 Å². The number of rotatable bonds is 5. The lowest BCUT2D eigenvalue weighted by molar-refractivity contribution is -0.384. The summed E-state index contributed by atoms with van der Waals surface area (Å²) < 4.78 is 30.5. The Labute approximate surface area is 224 Å². The molecule has 0 bridgehead atoms. The lowest BCUT2D eigenvalue weighted by Gasteiger charge is -2.52. The Hall–Kier alpha value is -2.13. The largest absolute Gasteiger partial charge is 0.468 e. The van der Waals surface area contributed by atoms with Gasteiger partial charge >= 0.3 is 5.97 Å². The number of ether oxygens (including phenoxy) is 5. The Kier molecular flexibility index (Phi) is 5.75. The van der Waals surface area contributed by atoms with Crippen LogP contribution < -0.4 is 10.6 Å². The Balaban J connectivity index is 1.32. The van der Waals surface area contributed by atoms with Gasteiger partial charge in [0.05, 0.1) is 13.7 Å². The SMILES string of the molecule is C=C[C@H]1[C@H](O[C@@H]2O[C@H](CO)C(O)C(O)C2O)O[C@H]2O[C@@]34CCN[C@H]5C[C@@H]1[C@]2(C(=O)OC)[C@]53Nc1ccccc14. The number of carbonyl (C=O) groups is 1. The van der Waals surface area contributed by atoms with Crippen LogP contribution in [-0.4, -0.2) is 102 Å². The van der Waals surface area contributed by atoms with Crippen molar-refractivity contribution in [1.29, 1.82) is 0 Å². The maximum Gasteiger partial charge on any atom is 0.319 e. The molecule has 1 saturated carbocycles. The first-order valence-corrected chi connectivity index (χ1v) is 13.4. The molecule has 12 nitrogen and oxygen atoms in total. The van der Waals surface area contributed by atoms with Gasteiger partial charge in [0.15, 0.2) is 18.9 Å². The average Bonchev–Trinajstić information content (AvgIpc) is 3.51. The van der Waals surface area contributed by atoms with Crippen LogP contribution >= 0.6 is 0 Å². The smallest absolute Gasteiger partial charge is 0.319 e.